The van der Waals surface area contributed by atoms with Crippen molar-refractivity contribution in [1.82, 2.24) is 5.32 Å². The number of amides is 1. The molecule has 2 aromatic carbocycles. The van der Waals surface area contributed by atoms with Crippen LogP contribution in [0.4, 0.5) is 5.69 Å². The van der Waals surface area contributed by atoms with Gasteiger partial charge >= 0.3 is 0 Å². The van der Waals surface area contributed by atoms with Gasteiger partial charge in [-0.15, -0.1) is 0 Å². The minimum Gasteiger partial charge on any atom is -0.503 e. The maximum absolute atomic E-state index is 12.9. The largest absolute Gasteiger partial charge is 0.503 e. The zero-order valence-electron chi connectivity index (χ0n) is 14.5. The van der Waals surface area contributed by atoms with Crippen molar-refractivity contribution in [3.63, 3.8) is 0 Å². The Morgan fingerprint density at radius 2 is 2.11 bits per heavy atom. The van der Waals surface area contributed by atoms with Crippen LogP contribution < -0.4 is 15.0 Å². The molecule has 0 aliphatic carbocycles. The third kappa shape index (κ3) is 3.95. The number of rotatable bonds is 4. The first-order valence-electron chi connectivity index (χ1n) is 8.10. The summed E-state index contributed by atoms with van der Waals surface area (Å²) in [6.45, 7) is 4.10. The highest BCUT2D eigenvalue weighted by Crippen LogP contribution is 2.36. The summed E-state index contributed by atoms with van der Waals surface area (Å²) < 4.78 is 5.90. The number of anilines is 1. The molecule has 1 amide bonds. The van der Waals surface area contributed by atoms with Crippen molar-refractivity contribution in [2.45, 2.75) is 13.8 Å². The number of phenols is 1. The number of ether oxygens (including phenoxy) is 1. The van der Waals surface area contributed by atoms with Crippen LogP contribution in [0.5, 0.6) is 11.5 Å². The maximum atomic E-state index is 12.9. The molecular formula is C19H16BrClN2O3S. The summed E-state index contributed by atoms with van der Waals surface area (Å²) in [5.41, 5.74) is 2.52. The van der Waals surface area contributed by atoms with Gasteiger partial charge in [0.15, 0.2) is 16.6 Å². The molecule has 0 saturated carbocycles. The Bertz CT molecular complexity index is 978. The zero-order valence-corrected chi connectivity index (χ0v) is 17.7. The molecular weight excluding hydrogens is 452 g/mol. The Morgan fingerprint density at radius 1 is 1.37 bits per heavy atom. The van der Waals surface area contributed by atoms with Crippen molar-refractivity contribution in [2.75, 3.05) is 11.5 Å². The second-order valence-electron chi connectivity index (χ2n) is 5.84. The molecule has 0 bridgehead atoms. The molecule has 1 heterocycles. The number of hydrogen-bond acceptors (Lipinski definition) is 4. The Morgan fingerprint density at radius 3 is 2.78 bits per heavy atom. The SMILES string of the molecule is CCOc1cc(/C=C2\NC(=S)N(c3ccc(Cl)cc3C)C2=O)cc(Br)c1O. The normalized spacial score (nSPS) is 15.4. The number of halogens is 2. The van der Waals surface area contributed by atoms with Crippen molar-refractivity contribution >= 4 is 62.5 Å². The van der Waals surface area contributed by atoms with Crippen LogP contribution in [-0.4, -0.2) is 22.7 Å². The van der Waals surface area contributed by atoms with Gasteiger partial charge in [0.1, 0.15) is 5.70 Å². The van der Waals surface area contributed by atoms with Gasteiger partial charge in [-0.2, -0.15) is 0 Å². The van der Waals surface area contributed by atoms with Gasteiger partial charge in [0.25, 0.3) is 5.91 Å². The highest BCUT2D eigenvalue weighted by Gasteiger charge is 2.32. The van der Waals surface area contributed by atoms with Gasteiger partial charge in [0.05, 0.1) is 16.8 Å². The van der Waals surface area contributed by atoms with Crippen molar-refractivity contribution in [3.8, 4) is 11.5 Å². The highest BCUT2D eigenvalue weighted by atomic mass is 79.9. The molecule has 1 aliphatic rings. The molecule has 27 heavy (non-hydrogen) atoms. The van der Waals surface area contributed by atoms with Gasteiger partial charge in [-0.25, -0.2) is 0 Å². The molecule has 0 unspecified atom stereocenters. The van der Waals surface area contributed by atoms with Crippen LogP contribution in [0.25, 0.3) is 6.08 Å². The average Bonchev–Trinajstić information content (AvgIpc) is 2.87. The first kappa shape index (κ1) is 19.7. The zero-order chi connectivity index (χ0) is 19.7. The standard InChI is InChI=1S/C19H16BrClN2O3S/c1-3-26-16-9-11(7-13(20)17(16)24)8-14-18(25)23(19(27)22-14)15-5-4-12(21)6-10(15)2/h4-9,24H,3H2,1-2H3,(H,22,27)/b14-8-. The minimum absolute atomic E-state index is 0.0126. The summed E-state index contributed by atoms with van der Waals surface area (Å²) in [6, 6.07) is 8.60. The first-order chi connectivity index (χ1) is 12.8. The molecule has 1 saturated heterocycles. The predicted molar refractivity (Wildman–Crippen MR) is 114 cm³/mol. The van der Waals surface area contributed by atoms with E-state index < -0.39 is 0 Å². The molecule has 5 nitrogen and oxygen atoms in total. The monoisotopic (exact) mass is 466 g/mol. The Hall–Kier alpha value is -2.09. The average molecular weight is 468 g/mol. The number of aryl methyl sites for hydroxylation is 1. The lowest BCUT2D eigenvalue weighted by Gasteiger charge is -2.16. The molecule has 1 fully saturated rings. The molecule has 2 N–H and O–H groups in total. The van der Waals surface area contributed by atoms with Crippen molar-refractivity contribution < 1.29 is 14.6 Å². The number of phenolic OH excluding ortho intramolecular Hbond substituents is 1. The van der Waals surface area contributed by atoms with Crippen LogP contribution in [0.15, 0.2) is 40.5 Å². The number of carbonyl (C=O) groups excluding carboxylic acids is 1. The number of aromatic hydroxyl groups is 1. The second kappa shape index (κ2) is 7.88. The Kier molecular flexibility index (Phi) is 5.74. The summed E-state index contributed by atoms with van der Waals surface area (Å²) in [7, 11) is 0. The van der Waals surface area contributed by atoms with Gasteiger partial charge < -0.3 is 15.2 Å². The number of carbonyl (C=O) groups is 1. The summed E-state index contributed by atoms with van der Waals surface area (Å²) in [6.07, 6.45) is 1.66. The van der Waals surface area contributed by atoms with Crippen LogP contribution >= 0.6 is 39.7 Å². The van der Waals surface area contributed by atoms with Crippen molar-refractivity contribution in [3.05, 3.63) is 56.7 Å². The van der Waals surface area contributed by atoms with E-state index in [1.54, 1.807) is 36.4 Å². The summed E-state index contributed by atoms with van der Waals surface area (Å²) in [5, 5.41) is 13.9. The Labute approximate surface area is 175 Å². The fraction of sp³-hybridized carbons (Fsp3) is 0.158. The predicted octanol–water partition coefficient (Wildman–Crippen LogP) is 4.78. The van der Waals surface area contributed by atoms with E-state index in [1.807, 2.05) is 13.8 Å². The minimum atomic E-state index is -0.271. The van der Waals surface area contributed by atoms with Crippen LogP contribution in [0.3, 0.4) is 0 Å². The van der Waals surface area contributed by atoms with Gasteiger partial charge in [0, 0.05) is 5.02 Å². The molecule has 3 rings (SSSR count). The lowest BCUT2D eigenvalue weighted by molar-refractivity contribution is -0.113. The molecule has 0 radical (unpaired) electrons. The van der Waals surface area contributed by atoms with E-state index in [-0.39, 0.29) is 11.7 Å². The summed E-state index contributed by atoms with van der Waals surface area (Å²) in [4.78, 5) is 14.3. The molecule has 0 spiro atoms. The third-order valence-corrected chi connectivity index (χ3v) is 5.06. The van der Waals surface area contributed by atoms with E-state index >= 15 is 0 Å². The summed E-state index contributed by atoms with van der Waals surface area (Å²) in [5.74, 6) is 0.0726. The van der Waals surface area contributed by atoms with Crippen LogP contribution in [0.1, 0.15) is 18.1 Å². The van der Waals surface area contributed by atoms with Crippen LogP contribution in [0, 0.1) is 6.92 Å². The van der Waals surface area contributed by atoms with Gasteiger partial charge in [-0.3, -0.25) is 9.69 Å². The molecule has 2 aromatic rings. The lowest BCUT2D eigenvalue weighted by atomic mass is 10.1. The topological polar surface area (TPSA) is 61.8 Å². The van der Waals surface area contributed by atoms with Crippen LogP contribution in [-0.2, 0) is 4.79 Å². The second-order valence-corrected chi connectivity index (χ2v) is 7.52. The van der Waals surface area contributed by atoms with Crippen LogP contribution in [0.2, 0.25) is 5.02 Å². The number of thiocarbonyl (C=S) groups is 1. The molecule has 0 atom stereocenters. The van der Waals surface area contributed by atoms with Gasteiger partial charge in [0.2, 0.25) is 0 Å². The third-order valence-electron chi connectivity index (χ3n) is 3.94. The van der Waals surface area contributed by atoms with E-state index in [1.165, 1.54) is 4.90 Å². The lowest BCUT2D eigenvalue weighted by Crippen LogP contribution is -2.30. The highest BCUT2D eigenvalue weighted by molar-refractivity contribution is 9.10. The number of nitrogens with one attached hydrogen (secondary N) is 1. The fourth-order valence-electron chi connectivity index (χ4n) is 2.73. The van der Waals surface area contributed by atoms with Gasteiger partial charge in [-0.05, 0) is 89.5 Å². The number of benzene rings is 2. The summed E-state index contributed by atoms with van der Waals surface area (Å²) >= 11 is 14.6. The molecule has 8 heteroatoms. The first-order valence-corrected chi connectivity index (χ1v) is 9.68. The molecule has 0 aromatic heterocycles. The molecule has 140 valence electrons. The quantitative estimate of drug-likeness (QED) is 0.501. The number of hydrogen-bond donors (Lipinski definition) is 2. The van der Waals surface area contributed by atoms with E-state index in [0.717, 1.165) is 5.56 Å². The van der Waals surface area contributed by atoms with E-state index in [2.05, 4.69) is 21.2 Å². The number of nitrogens with zero attached hydrogens (tertiary/aromatic N) is 1. The fourth-order valence-corrected chi connectivity index (χ4v) is 3.71. The van der Waals surface area contributed by atoms with E-state index in [9.17, 15) is 9.90 Å². The Balaban J connectivity index is 1.97. The van der Waals surface area contributed by atoms with Crippen molar-refractivity contribution in [2.24, 2.45) is 0 Å². The van der Waals surface area contributed by atoms with Gasteiger partial charge in [-0.1, -0.05) is 11.6 Å². The van der Waals surface area contributed by atoms with Crippen molar-refractivity contribution in [1.29, 1.82) is 0 Å². The maximum Gasteiger partial charge on any atom is 0.281 e. The smallest absolute Gasteiger partial charge is 0.281 e. The molecule has 1 aliphatic heterocycles. The van der Waals surface area contributed by atoms with E-state index in [0.29, 0.717) is 43.9 Å². The van der Waals surface area contributed by atoms with E-state index in [4.69, 9.17) is 28.6 Å².